The number of rotatable bonds is 6. The molecular formula is C27H22FN7O2. The largest absolute Gasteiger partial charge is 0.421 e. The summed E-state index contributed by atoms with van der Waals surface area (Å²) >= 11 is 0. The first-order chi connectivity index (χ1) is 17.9. The number of aryl methyl sites for hydroxylation is 2. The summed E-state index contributed by atoms with van der Waals surface area (Å²) in [5.41, 5.74) is 11.7. The highest BCUT2D eigenvalue weighted by Crippen LogP contribution is 2.38. The Hall–Kier alpha value is -5.12. The van der Waals surface area contributed by atoms with Gasteiger partial charge in [0.1, 0.15) is 11.8 Å². The van der Waals surface area contributed by atoms with E-state index in [0.29, 0.717) is 28.1 Å². The zero-order valence-corrected chi connectivity index (χ0v) is 20.1. The van der Waals surface area contributed by atoms with E-state index in [1.165, 1.54) is 24.5 Å². The normalized spacial score (nSPS) is 10.9. The number of amides is 1. The fourth-order valence-corrected chi connectivity index (χ4v) is 4.07. The monoisotopic (exact) mass is 495 g/mol. The molecule has 0 spiro atoms. The number of nitrogens with two attached hydrogens (primary N) is 1. The third-order valence-corrected chi connectivity index (χ3v) is 5.77. The third-order valence-electron chi connectivity index (χ3n) is 5.77. The van der Waals surface area contributed by atoms with Crippen molar-refractivity contribution in [3.8, 4) is 28.7 Å². The van der Waals surface area contributed by atoms with E-state index < -0.39 is 5.82 Å². The number of carbonyl (C=O) groups excluding carboxylic acids is 1. The Bertz CT molecular complexity index is 1660. The van der Waals surface area contributed by atoms with Gasteiger partial charge in [-0.25, -0.2) is 24.3 Å². The van der Waals surface area contributed by atoms with Crippen LogP contribution in [0.5, 0.6) is 11.8 Å². The summed E-state index contributed by atoms with van der Waals surface area (Å²) in [5, 5.41) is 2.72. The molecule has 0 saturated heterocycles. The summed E-state index contributed by atoms with van der Waals surface area (Å²) in [7, 11) is 0. The van der Waals surface area contributed by atoms with Crippen molar-refractivity contribution in [3.05, 3.63) is 90.8 Å². The van der Waals surface area contributed by atoms with Crippen LogP contribution in [0.3, 0.4) is 0 Å². The van der Waals surface area contributed by atoms with Crippen LogP contribution in [-0.2, 0) is 4.79 Å². The molecular weight excluding hydrogens is 473 g/mol. The van der Waals surface area contributed by atoms with Gasteiger partial charge in [0.05, 0.1) is 11.2 Å². The molecule has 0 atom stereocenters. The SMILES string of the molecule is C=CC(=O)Nc1ccc(-c2c(C)c3ncnc(N)c3n2-c2ccc(Oc3nccc(C)n3)c(F)c2)cc1. The summed E-state index contributed by atoms with van der Waals surface area (Å²) in [6, 6.07) is 13.6. The van der Waals surface area contributed by atoms with Gasteiger partial charge in [-0.15, -0.1) is 0 Å². The average molecular weight is 496 g/mol. The van der Waals surface area contributed by atoms with Crippen LogP contribution in [0.2, 0.25) is 0 Å². The molecule has 0 aliphatic rings. The van der Waals surface area contributed by atoms with E-state index in [0.717, 1.165) is 16.8 Å². The Morgan fingerprint density at radius 1 is 1.11 bits per heavy atom. The molecule has 5 aromatic rings. The summed E-state index contributed by atoms with van der Waals surface area (Å²) in [6.07, 6.45) is 4.14. The Morgan fingerprint density at radius 2 is 1.89 bits per heavy atom. The van der Waals surface area contributed by atoms with Crippen molar-refractivity contribution < 1.29 is 13.9 Å². The standard InChI is InChI=1S/C27H22FN7O2/c1-4-22(36)34-18-7-5-17(6-8-18)24-16(3)23-25(26(29)32-14-31-23)35(24)19-9-10-21(20(28)13-19)37-27-30-12-11-15(2)33-27/h4-14H,1H2,2-3H3,(H,34,36)(H2,29,31,32). The molecule has 3 heterocycles. The molecule has 0 radical (unpaired) electrons. The first-order valence-corrected chi connectivity index (χ1v) is 11.3. The maximum atomic E-state index is 15.3. The lowest BCUT2D eigenvalue weighted by Gasteiger charge is -2.14. The van der Waals surface area contributed by atoms with E-state index in [1.54, 1.807) is 37.4 Å². The van der Waals surface area contributed by atoms with Crippen LogP contribution in [0.4, 0.5) is 15.9 Å². The molecule has 0 aliphatic carbocycles. The van der Waals surface area contributed by atoms with Crippen molar-refractivity contribution in [1.29, 1.82) is 0 Å². The number of hydrogen-bond acceptors (Lipinski definition) is 7. The minimum absolute atomic E-state index is 0.0179. The van der Waals surface area contributed by atoms with Crippen molar-refractivity contribution in [2.45, 2.75) is 13.8 Å². The number of ether oxygens (including phenoxy) is 1. The molecule has 37 heavy (non-hydrogen) atoms. The molecule has 3 aromatic heterocycles. The lowest BCUT2D eigenvalue weighted by Crippen LogP contribution is -2.07. The molecule has 2 aromatic carbocycles. The second kappa shape index (κ2) is 9.50. The fraction of sp³-hybridized carbons (Fsp3) is 0.0741. The number of halogens is 1. The second-order valence-corrected chi connectivity index (χ2v) is 8.23. The van der Waals surface area contributed by atoms with Crippen molar-refractivity contribution >= 4 is 28.4 Å². The van der Waals surface area contributed by atoms with Crippen molar-refractivity contribution in [2.24, 2.45) is 0 Å². The molecule has 0 bridgehead atoms. The summed E-state index contributed by atoms with van der Waals surface area (Å²) in [4.78, 5) is 28.4. The number of hydrogen-bond donors (Lipinski definition) is 2. The topological polar surface area (TPSA) is 121 Å². The van der Waals surface area contributed by atoms with Crippen LogP contribution in [-0.4, -0.2) is 30.4 Å². The van der Waals surface area contributed by atoms with Crippen LogP contribution in [0.15, 0.2) is 73.7 Å². The van der Waals surface area contributed by atoms with Gasteiger partial charge in [0.25, 0.3) is 0 Å². The van der Waals surface area contributed by atoms with Gasteiger partial charge in [-0.1, -0.05) is 18.7 Å². The molecule has 0 fully saturated rings. The van der Waals surface area contributed by atoms with Gasteiger partial charge < -0.3 is 20.4 Å². The number of benzene rings is 2. The number of anilines is 2. The van der Waals surface area contributed by atoms with Crippen LogP contribution in [0, 0.1) is 19.7 Å². The fourth-order valence-electron chi connectivity index (χ4n) is 4.07. The summed E-state index contributed by atoms with van der Waals surface area (Å²) in [5.74, 6) is -0.681. The van der Waals surface area contributed by atoms with Crippen LogP contribution >= 0.6 is 0 Å². The zero-order valence-electron chi connectivity index (χ0n) is 20.1. The lowest BCUT2D eigenvalue weighted by atomic mass is 10.1. The third kappa shape index (κ3) is 4.47. The van der Waals surface area contributed by atoms with E-state index >= 15 is 4.39 Å². The minimum Gasteiger partial charge on any atom is -0.421 e. The predicted octanol–water partition coefficient (Wildman–Crippen LogP) is 5.13. The molecule has 0 saturated carbocycles. The molecule has 0 aliphatic heterocycles. The van der Waals surface area contributed by atoms with Crippen molar-refractivity contribution in [2.75, 3.05) is 11.1 Å². The van der Waals surface area contributed by atoms with E-state index in [2.05, 4.69) is 31.8 Å². The number of fused-ring (bicyclic) bond motifs is 1. The van der Waals surface area contributed by atoms with Gasteiger partial charge in [0.2, 0.25) is 5.91 Å². The second-order valence-electron chi connectivity index (χ2n) is 8.23. The maximum absolute atomic E-state index is 15.3. The van der Waals surface area contributed by atoms with Crippen LogP contribution in [0.1, 0.15) is 11.3 Å². The quantitative estimate of drug-likeness (QED) is 0.313. The van der Waals surface area contributed by atoms with Gasteiger partial charge in [0, 0.05) is 34.9 Å². The Balaban J connectivity index is 1.63. The molecule has 0 unspecified atom stereocenters. The molecule has 1 amide bonds. The number of nitrogen functional groups attached to an aromatic ring is 1. The minimum atomic E-state index is -0.606. The Morgan fingerprint density at radius 3 is 2.59 bits per heavy atom. The number of nitrogens with one attached hydrogen (secondary N) is 1. The van der Waals surface area contributed by atoms with E-state index in [4.69, 9.17) is 10.5 Å². The highest BCUT2D eigenvalue weighted by molar-refractivity contribution is 5.99. The molecule has 10 heteroatoms. The number of carbonyl (C=O) groups is 1. The molecule has 9 nitrogen and oxygen atoms in total. The summed E-state index contributed by atoms with van der Waals surface area (Å²) in [6.45, 7) is 7.17. The first kappa shape index (κ1) is 23.6. The van der Waals surface area contributed by atoms with Gasteiger partial charge in [-0.2, -0.15) is 0 Å². The average Bonchev–Trinajstić information content (AvgIpc) is 3.19. The highest BCUT2D eigenvalue weighted by Gasteiger charge is 2.22. The molecule has 184 valence electrons. The van der Waals surface area contributed by atoms with Gasteiger partial charge in [0.15, 0.2) is 17.4 Å². The highest BCUT2D eigenvalue weighted by atomic mass is 19.1. The first-order valence-electron chi connectivity index (χ1n) is 11.3. The summed E-state index contributed by atoms with van der Waals surface area (Å²) < 4.78 is 22.6. The van der Waals surface area contributed by atoms with Crippen molar-refractivity contribution in [1.82, 2.24) is 24.5 Å². The van der Waals surface area contributed by atoms with Crippen molar-refractivity contribution in [3.63, 3.8) is 0 Å². The lowest BCUT2D eigenvalue weighted by molar-refractivity contribution is -0.111. The van der Waals surface area contributed by atoms with Crippen LogP contribution < -0.4 is 15.8 Å². The zero-order chi connectivity index (χ0) is 26.1. The van der Waals surface area contributed by atoms with Gasteiger partial charge >= 0.3 is 6.01 Å². The number of nitrogens with zero attached hydrogens (tertiary/aromatic N) is 5. The predicted molar refractivity (Wildman–Crippen MR) is 139 cm³/mol. The van der Waals surface area contributed by atoms with Crippen LogP contribution in [0.25, 0.3) is 28.0 Å². The molecule has 3 N–H and O–H groups in total. The smallest absolute Gasteiger partial charge is 0.322 e. The maximum Gasteiger partial charge on any atom is 0.322 e. The molecule has 5 rings (SSSR count). The Kier molecular flexibility index (Phi) is 6.06. The van der Waals surface area contributed by atoms with Gasteiger partial charge in [-0.05, 0) is 55.8 Å². The Labute approximate surface area is 211 Å². The van der Waals surface area contributed by atoms with Gasteiger partial charge in [-0.3, -0.25) is 4.79 Å². The van der Waals surface area contributed by atoms with E-state index in [1.807, 2.05) is 23.6 Å². The van der Waals surface area contributed by atoms with E-state index in [-0.39, 0.29) is 23.5 Å². The van der Waals surface area contributed by atoms with E-state index in [9.17, 15) is 4.79 Å². The number of aromatic nitrogens is 5.